The van der Waals surface area contributed by atoms with Crippen LogP contribution in [0.15, 0.2) is 30.3 Å². The fourth-order valence-corrected chi connectivity index (χ4v) is 3.92. The minimum atomic E-state index is -0.220. The van der Waals surface area contributed by atoms with Crippen LogP contribution in [0.1, 0.15) is 71.4 Å². The van der Waals surface area contributed by atoms with E-state index in [9.17, 15) is 9.59 Å². The predicted molar refractivity (Wildman–Crippen MR) is 119 cm³/mol. The second-order valence-electron chi connectivity index (χ2n) is 9.30. The van der Waals surface area contributed by atoms with Gasteiger partial charge in [0.15, 0.2) is 0 Å². The Kier molecular flexibility index (Phi) is 9.15. The molecule has 2 rings (SSSR count). The Balaban J connectivity index is 2.31. The second-order valence-corrected chi connectivity index (χ2v) is 9.30. The first-order valence-electron chi connectivity index (χ1n) is 11.1. The molecule has 0 aliphatic carbocycles. The lowest BCUT2D eigenvalue weighted by Crippen LogP contribution is -2.41. The highest BCUT2D eigenvalue weighted by Gasteiger charge is 2.29. The maximum atomic E-state index is 13.3. The summed E-state index contributed by atoms with van der Waals surface area (Å²) in [6.07, 6.45) is 3.80. The number of benzene rings is 1. The van der Waals surface area contributed by atoms with Crippen molar-refractivity contribution in [1.82, 2.24) is 15.1 Å². The van der Waals surface area contributed by atoms with Crippen LogP contribution in [0.4, 0.5) is 0 Å². The zero-order valence-electron chi connectivity index (χ0n) is 18.7. The molecule has 0 spiro atoms. The van der Waals surface area contributed by atoms with Crippen LogP contribution in [0.2, 0.25) is 0 Å². The number of hydrogen-bond acceptors (Lipinski definition) is 3. The molecule has 1 aliphatic rings. The van der Waals surface area contributed by atoms with Gasteiger partial charge < -0.3 is 15.1 Å². The third-order valence-electron chi connectivity index (χ3n) is 5.49. The van der Waals surface area contributed by atoms with Crippen molar-refractivity contribution >= 4 is 11.8 Å². The number of amides is 2. The van der Waals surface area contributed by atoms with Gasteiger partial charge in [-0.15, -0.1) is 0 Å². The SMILES string of the molecule is CCN1CCCCNC(=O)CC(c2ccccc2)N(C(=O)CC(C)(C)C)CCC1. The van der Waals surface area contributed by atoms with Gasteiger partial charge in [0.25, 0.3) is 0 Å². The molecule has 1 atom stereocenters. The van der Waals surface area contributed by atoms with Crippen LogP contribution in [-0.4, -0.2) is 54.3 Å². The van der Waals surface area contributed by atoms with E-state index in [1.165, 1.54) is 0 Å². The van der Waals surface area contributed by atoms with Gasteiger partial charge in [0.05, 0.1) is 12.5 Å². The molecule has 1 unspecified atom stereocenters. The number of hydrogen-bond donors (Lipinski definition) is 1. The summed E-state index contributed by atoms with van der Waals surface area (Å²) in [5.41, 5.74) is 0.948. The van der Waals surface area contributed by atoms with Crippen molar-refractivity contribution in [2.45, 2.75) is 65.8 Å². The summed E-state index contributed by atoms with van der Waals surface area (Å²) in [7, 11) is 0. The van der Waals surface area contributed by atoms with Gasteiger partial charge in [-0.1, -0.05) is 58.0 Å². The Hall–Kier alpha value is -1.88. The highest BCUT2D eigenvalue weighted by Crippen LogP contribution is 2.29. The van der Waals surface area contributed by atoms with E-state index in [-0.39, 0.29) is 23.3 Å². The molecule has 162 valence electrons. The minimum absolute atomic E-state index is 0.0269. The lowest BCUT2D eigenvalue weighted by molar-refractivity contribution is -0.137. The van der Waals surface area contributed by atoms with Gasteiger partial charge in [0.2, 0.25) is 11.8 Å². The van der Waals surface area contributed by atoms with E-state index < -0.39 is 0 Å². The molecule has 0 bridgehead atoms. The second kappa shape index (κ2) is 11.3. The summed E-state index contributed by atoms with van der Waals surface area (Å²) >= 11 is 0. The quantitative estimate of drug-likeness (QED) is 0.833. The molecule has 1 aromatic carbocycles. The van der Waals surface area contributed by atoms with Gasteiger partial charge in [-0.25, -0.2) is 0 Å². The number of nitrogens with zero attached hydrogens (tertiary/aromatic N) is 2. The Morgan fingerprint density at radius 2 is 1.76 bits per heavy atom. The topological polar surface area (TPSA) is 52.7 Å². The summed E-state index contributed by atoms with van der Waals surface area (Å²) in [6.45, 7) is 12.9. The van der Waals surface area contributed by atoms with Gasteiger partial charge in [0.1, 0.15) is 0 Å². The highest BCUT2D eigenvalue weighted by atomic mass is 16.2. The zero-order valence-corrected chi connectivity index (χ0v) is 18.7. The van der Waals surface area contributed by atoms with Crippen LogP contribution in [-0.2, 0) is 9.59 Å². The van der Waals surface area contributed by atoms with Crippen LogP contribution < -0.4 is 5.32 Å². The normalized spacial score (nSPS) is 20.9. The Labute approximate surface area is 176 Å². The third kappa shape index (κ3) is 8.17. The smallest absolute Gasteiger partial charge is 0.223 e. The van der Waals surface area contributed by atoms with Gasteiger partial charge in [-0.3, -0.25) is 9.59 Å². The van der Waals surface area contributed by atoms with E-state index in [1.807, 2.05) is 35.2 Å². The highest BCUT2D eigenvalue weighted by molar-refractivity contribution is 5.80. The first-order chi connectivity index (χ1) is 13.8. The molecule has 1 aromatic rings. The van der Waals surface area contributed by atoms with Crippen molar-refractivity contribution in [3.63, 3.8) is 0 Å². The van der Waals surface area contributed by atoms with E-state index in [1.54, 1.807) is 0 Å². The van der Waals surface area contributed by atoms with Crippen molar-refractivity contribution in [1.29, 1.82) is 0 Å². The minimum Gasteiger partial charge on any atom is -0.356 e. The van der Waals surface area contributed by atoms with Gasteiger partial charge in [-0.2, -0.15) is 0 Å². The predicted octanol–water partition coefficient (Wildman–Crippen LogP) is 4.00. The molecule has 1 saturated heterocycles. The van der Waals surface area contributed by atoms with Crippen molar-refractivity contribution < 1.29 is 9.59 Å². The molecule has 0 saturated carbocycles. The lowest BCUT2D eigenvalue weighted by Gasteiger charge is -2.34. The molecule has 1 aliphatic heterocycles. The van der Waals surface area contributed by atoms with Crippen molar-refractivity contribution in [2.75, 3.05) is 32.7 Å². The van der Waals surface area contributed by atoms with Crippen molar-refractivity contribution in [3.8, 4) is 0 Å². The van der Waals surface area contributed by atoms with Crippen LogP contribution in [0.5, 0.6) is 0 Å². The van der Waals surface area contributed by atoms with Crippen LogP contribution in [0, 0.1) is 5.41 Å². The standard InChI is InChI=1S/C24H39N3O2/c1-5-26-15-10-9-14-25-22(28)18-21(20-12-7-6-8-13-20)27(17-11-16-26)23(29)19-24(2,3)4/h6-8,12-13,21H,5,9-11,14-19H2,1-4H3,(H,25,28). The maximum absolute atomic E-state index is 13.3. The fraction of sp³-hybridized carbons (Fsp3) is 0.667. The molecule has 1 fully saturated rings. The lowest BCUT2D eigenvalue weighted by atomic mass is 9.90. The molecule has 0 aromatic heterocycles. The van der Waals surface area contributed by atoms with Crippen LogP contribution >= 0.6 is 0 Å². The van der Waals surface area contributed by atoms with E-state index in [4.69, 9.17) is 0 Å². The Bertz CT molecular complexity index is 639. The summed E-state index contributed by atoms with van der Waals surface area (Å²) in [6, 6.07) is 9.79. The molecule has 29 heavy (non-hydrogen) atoms. The average Bonchev–Trinajstić information content (AvgIpc) is 2.68. The molecule has 2 amide bonds. The molecular formula is C24H39N3O2. The van der Waals surface area contributed by atoms with Gasteiger partial charge in [0, 0.05) is 19.5 Å². The number of rotatable bonds is 3. The summed E-state index contributed by atoms with van der Waals surface area (Å²) in [5.74, 6) is 0.163. The van der Waals surface area contributed by atoms with Gasteiger partial charge in [-0.05, 0) is 49.9 Å². The largest absolute Gasteiger partial charge is 0.356 e. The van der Waals surface area contributed by atoms with Crippen molar-refractivity contribution in [2.24, 2.45) is 5.41 Å². The average molecular weight is 402 g/mol. The molecular weight excluding hydrogens is 362 g/mol. The number of carbonyl (C=O) groups excluding carboxylic acids is 2. The maximum Gasteiger partial charge on any atom is 0.223 e. The fourth-order valence-electron chi connectivity index (χ4n) is 3.92. The number of nitrogens with one attached hydrogen (secondary N) is 1. The molecule has 5 heteroatoms. The van der Waals surface area contributed by atoms with E-state index >= 15 is 0 Å². The summed E-state index contributed by atoms with van der Waals surface area (Å²) in [4.78, 5) is 30.4. The monoisotopic (exact) mass is 401 g/mol. The Morgan fingerprint density at radius 1 is 1.07 bits per heavy atom. The molecule has 1 N–H and O–H groups in total. The number of carbonyl (C=O) groups is 2. The van der Waals surface area contributed by atoms with Crippen LogP contribution in [0.25, 0.3) is 0 Å². The molecule has 1 heterocycles. The first-order valence-corrected chi connectivity index (χ1v) is 11.1. The van der Waals surface area contributed by atoms with E-state index in [2.05, 4.69) is 37.9 Å². The van der Waals surface area contributed by atoms with E-state index in [0.717, 1.165) is 44.5 Å². The van der Waals surface area contributed by atoms with E-state index in [0.29, 0.717) is 25.9 Å². The summed E-state index contributed by atoms with van der Waals surface area (Å²) in [5, 5.41) is 3.07. The zero-order chi connectivity index (χ0) is 21.3. The summed E-state index contributed by atoms with van der Waals surface area (Å²) < 4.78 is 0. The third-order valence-corrected chi connectivity index (χ3v) is 5.49. The van der Waals surface area contributed by atoms with Crippen LogP contribution in [0.3, 0.4) is 0 Å². The van der Waals surface area contributed by atoms with Gasteiger partial charge >= 0.3 is 0 Å². The molecule has 0 radical (unpaired) electrons. The Morgan fingerprint density at radius 3 is 2.41 bits per heavy atom. The first kappa shape index (κ1) is 23.4. The van der Waals surface area contributed by atoms with Crippen molar-refractivity contribution in [3.05, 3.63) is 35.9 Å². The molecule has 5 nitrogen and oxygen atoms in total.